The van der Waals surface area contributed by atoms with Crippen LogP contribution in [0.1, 0.15) is 18.1 Å². The summed E-state index contributed by atoms with van der Waals surface area (Å²) in [5.41, 5.74) is -1.63. The molecular weight excluding hydrogens is 230 g/mol. The molecule has 4 nitrogen and oxygen atoms in total. The Labute approximate surface area is 96.0 Å². The Hall–Kier alpha value is -1.98. The van der Waals surface area contributed by atoms with Crippen molar-refractivity contribution in [3.8, 4) is 0 Å². The van der Waals surface area contributed by atoms with Gasteiger partial charge < -0.3 is 5.32 Å². The van der Waals surface area contributed by atoms with Gasteiger partial charge in [-0.05, 0) is 31.5 Å². The maximum atomic E-state index is 13.7. The maximum Gasteiger partial charge on any atom is 0.322 e. The number of halogens is 2. The number of carbonyl (C=O) groups excluding carboxylic acids is 2. The second kappa shape index (κ2) is 3.51. The lowest BCUT2D eigenvalue weighted by Crippen LogP contribution is -2.41. The van der Waals surface area contributed by atoms with Gasteiger partial charge in [0, 0.05) is 5.56 Å². The van der Waals surface area contributed by atoms with E-state index in [1.54, 1.807) is 0 Å². The molecule has 6 heteroatoms. The molecule has 1 saturated heterocycles. The predicted octanol–water partition coefficient (Wildman–Crippen LogP) is 1.33. The van der Waals surface area contributed by atoms with Crippen molar-refractivity contribution in [2.45, 2.75) is 19.4 Å². The number of amides is 3. The van der Waals surface area contributed by atoms with Crippen LogP contribution in [0.2, 0.25) is 0 Å². The third kappa shape index (κ3) is 1.65. The number of hydrogen-bond acceptors (Lipinski definition) is 2. The summed E-state index contributed by atoms with van der Waals surface area (Å²) in [6.07, 6.45) is 0. The molecular formula is C11H10F2N2O2. The van der Waals surface area contributed by atoms with Crippen molar-refractivity contribution in [2.24, 2.45) is 0 Å². The smallest absolute Gasteiger partial charge is 0.319 e. The Morgan fingerprint density at radius 1 is 1.18 bits per heavy atom. The van der Waals surface area contributed by atoms with Crippen molar-refractivity contribution in [2.75, 3.05) is 0 Å². The number of urea groups is 1. The molecule has 0 radical (unpaired) electrons. The number of carbonyl (C=O) groups is 2. The first-order valence-corrected chi connectivity index (χ1v) is 4.94. The molecule has 1 aromatic carbocycles. The largest absolute Gasteiger partial charge is 0.322 e. The monoisotopic (exact) mass is 240 g/mol. The molecule has 0 bridgehead atoms. The highest BCUT2D eigenvalue weighted by molar-refractivity contribution is 6.07. The second-order valence-corrected chi connectivity index (χ2v) is 4.11. The highest BCUT2D eigenvalue weighted by Crippen LogP contribution is 2.28. The van der Waals surface area contributed by atoms with Gasteiger partial charge in [-0.1, -0.05) is 0 Å². The zero-order chi connectivity index (χ0) is 12.8. The summed E-state index contributed by atoms with van der Waals surface area (Å²) in [7, 11) is 0. The third-order valence-corrected chi connectivity index (χ3v) is 2.83. The quantitative estimate of drug-likeness (QED) is 0.727. The molecule has 1 aliphatic rings. The van der Waals surface area contributed by atoms with Gasteiger partial charge in [0.15, 0.2) is 0 Å². The van der Waals surface area contributed by atoms with Gasteiger partial charge in [-0.15, -0.1) is 0 Å². The van der Waals surface area contributed by atoms with E-state index in [1.165, 1.54) is 13.8 Å². The van der Waals surface area contributed by atoms with Crippen LogP contribution in [0, 0.1) is 18.6 Å². The molecule has 1 atom stereocenters. The van der Waals surface area contributed by atoms with Crippen LogP contribution in [0.25, 0.3) is 0 Å². The minimum absolute atomic E-state index is 0.139. The van der Waals surface area contributed by atoms with Crippen LogP contribution < -0.4 is 10.6 Å². The lowest BCUT2D eigenvalue weighted by Gasteiger charge is -2.22. The molecule has 0 saturated carbocycles. The van der Waals surface area contributed by atoms with Crippen molar-refractivity contribution >= 4 is 11.9 Å². The van der Waals surface area contributed by atoms with E-state index in [4.69, 9.17) is 0 Å². The lowest BCUT2D eigenvalue weighted by atomic mass is 9.91. The molecule has 0 aliphatic carbocycles. The number of hydrogen-bond donors (Lipinski definition) is 2. The van der Waals surface area contributed by atoms with Crippen LogP contribution in [-0.4, -0.2) is 11.9 Å². The molecule has 1 fully saturated rings. The number of benzene rings is 1. The first-order valence-electron chi connectivity index (χ1n) is 4.94. The number of nitrogens with one attached hydrogen (secondary N) is 2. The van der Waals surface area contributed by atoms with E-state index in [0.717, 1.165) is 12.1 Å². The SMILES string of the molecule is Cc1cc(F)c(C2(C)NC(=O)NC2=O)cc1F. The summed E-state index contributed by atoms with van der Waals surface area (Å²) >= 11 is 0. The van der Waals surface area contributed by atoms with Gasteiger partial charge in [0.1, 0.15) is 17.2 Å². The second-order valence-electron chi connectivity index (χ2n) is 4.11. The van der Waals surface area contributed by atoms with Crippen LogP contribution >= 0.6 is 0 Å². The van der Waals surface area contributed by atoms with Gasteiger partial charge in [-0.25, -0.2) is 13.6 Å². The van der Waals surface area contributed by atoms with Crippen LogP contribution in [0.4, 0.5) is 13.6 Å². The van der Waals surface area contributed by atoms with E-state index in [0.29, 0.717) is 0 Å². The fourth-order valence-corrected chi connectivity index (χ4v) is 1.76. The number of imide groups is 1. The number of rotatable bonds is 1. The summed E-state index contributed by atoms with van der Waals surface area (Å²) in [6.45, 7) is 2.73. The van der Waals surface area contributed by atoms with E-state index in [1.807, 2.05) is 5.32 Å². The topological polar surface area (TPSA) is 58.2 Å². The first-order chi connectivity index (χ1) is 7.84. The van der Waals surface area contributed by atoms with Gasteiger partial charge in [0.25, 0.3) is 5.91 Å². The van der Waals surface area contributed by atoms with E-state index < -0.39 is 29.1 Å². The van der Waals surface area contributed by atoms with Crippen LogP contribution in [0.15, 0.2) is 12.1 Å². The molecule has 1 aromatic rings. The Morgan fingerprint density at radius 2 is 1.82 bits per heavy atom. The highest BCUT2D eigenvalue weighted by atomic mass is 19.1. The molecule has 2 N–H and O–H groups in total. The minimum Gasteiger partial charge on any atom is -0.319 e. The lowest BCUT2D eigenvalue weighted by molar-refractivity contribution is -0.123. The van der Waals surface area contributed by atoms with Crippen molar-refractivity contribution in [3.63, 3.8) is 0 Å². The Bertz CT molecular complexity index is 530. The zero-order valence-corrected chi connectivity index (χ0v) is 9.23. The average molecular weight is 240 g/mol. The fourth-order valence-electron chi connectivity index (χ4n) is 1.76. The first kappa shape index (κ1) is 11.5. The van der Waals surface area contributed by atoms with Crippen LogP contribution in [0.3, 0.4) is 0 Å². The van der Waals surface area contributed by atoms with Crippen molar-refractivity contribution in [1.29, 1.82) is 0 Å². The Morgan fingerprint density at radius 3 is 2.35 bits per heavy atom. The van der Waals surface area contributed by atoms with Crippen molar-refractivity contribution in [3.05, 3.63) is 34.9 Å². The van der Waals surface area contributed by atoms with Crippen LogP contribution in [-0.2, 0) is 10.3 Å². The Kier molecular flexibility index (Phi) is 2.38. The van der Waals surface area contributed by atoms with Crippen molar-refractivity contribution in [1.82, 2.24) is 10.6 Å². The van der Waals surface area contributed by atoms with Gasteiger partial charge in [0.2, 0.25) is 0 Å². The van der Waals surface area contributed by atoms with E-state index in [-0.39, 0.29) is 11.1 Å². The van der Waals surface area contributed by atoms with Gasteiger partial charge in [-0.3, -0.25) is 10.1 Å². The third-order valence-electron chi connectivity index (χ3n) is 2.83. The summed E-state index contributed by atoms with van der Waals surface area (Å²) < 4.78 is 27.1. The van der Waals surface area contributed by atoms with Gasteiger partial charge in [-0.2, -0.15) is 0 Å². The molecule has 90 valence electrons. The Balaban J connectivity index is 2.58. The molecule has 3 amide bonds. The summed E-state index contributed by atoms with van der Waals surface area (Å²) in [4.78, 5) is 22.6. The summed E-state index contributed by atoms with van der Waals surface area (Å²) in [5.74, 6) is -2.06. The molecule has 17 heavy (non-hydrogen) atoms. The van der Waals surface area contributed by atoms with E-state index in [2.05, 4.69) is 5.32 Å². The minimum atomic E-state index is -1.57. The van der Waals surface area contributed by atoms with Crippen LogP contribution in [0.5, 0.6) is 0 Å². The van der Waals surface area contributed by atoms with E-state index >= 15 is 0 Å². The normalized spacial score (nSPS) is 23.5. The fraction of sp³-hybridized carbons (Fsp3) is 0.273. The summed E-state index contributed by atoms with van der Waals surface area (Å²) in [5, 5.41) is 4.27. The van der Waals surface area contributed by atoms with Crippen molar-refractivity contribution < 1.29 is 18.4 Å². The standard InChI is InChI=1S/C11H10F2N2O2/c1-5-3-8(13)6(4-7(5)12)11(2)9(16)14-10(17)15-11/h3-4H,1-2H3,(H2,14,15,16,17). The summed E-state index contributed by atoms with van der Waals surface area (Å²) in [6, 6.07) is 1.20. The molecule has 0 spiro atoms. The predicted molar refractivity (Wildman–Crippen MR) is 55.1 cm³/mol. The van der Waals surface area contributed by atoms with E-state index in [9.17, 15) is 18.4 Å². The van der Waals surface area contributed by atoms with Gasteiger partial charge >= 0.3 is 6.03 Å². The maximum absolute atomic E-state index is 13.7. The average Bonchev–Trinajstić information content (AvgIpc) is 2.47. The molecule has 1 unspecified atom stereocenters. The zero-order valence-electron chi connectivity index (χ0n) is 9.23. The molecule has 0 aromatic heterocycles. The number of aryl methyl sites for hydroxylation is 1. The molecule has 2 rings (SSSR count). The molecule has 1 heterocycles. The van der Waals surface area contributed by atoms with Gasteiger partial charge in [0.05, 0.1) is 0 Å². The highest BCUT2D eigenvalue weighted by Gasteiger charge is 2.45. The molecule has 1 aliphatic heterocycles.